The SMILES string of the molecule is Cn1c2c(c3ccccc31)OC(N)=C(C#N)C2c1ccc(Cl)cc1. The standard InChI is InChI=1S/C19H14ClN3O/c1-23-15-5-3-2-4-13(15)18-17(23)16(14(10-21)19(22)24-18)11-6-8-12(20)9-7-11/h2-9,16H,22H2,1H3. The van der Waals surface area contributed by atoms with E-state index in [2.05, 4.69) is 10.6 Å². The zero-order valence-electron chi connectivity index (χ0n) is 13.0. The molecular weight excluding hydrogens is 322 g/mol. The van der Waals surface area contributed by atoms with Gasteiger partial charge in [-0.25, -0.2) is 0 Å². The van der Waals surface area contributed by atoms with Gasteiger partial charge < -0.3 is 15.0 Å². The van der Waals surface area contributed by atoms with Crippen molar-refractivity contribution in [1.82, 2.24) is 4.57 Å². The predicted octanol–water partition coefficient (Wildman–Crippen LogP) is 4.05. The van der Waals surface area contributed by atoms with Gasteiger partial charge in [0, 0.05) is 17.5 Å². The van der Waals surface area contributed by atoms with Crippen LogP contribution in [-0.2, 0) is 7.05 Å². The number of hydrogen-bond donors (Lipinski definition) is 1. The molecule has 0 saturated carbocycles. The molecule has 2 heterocycles. The molecule has 1 aliphatic heterocycles. The molecule has 0 amide bonds. The van der Waals surface area contributed by atoms with E-state index in [0.29, 0.717) is 16.3 Å². The Labute approximate surface area is 144 Å². The largest absolute Gasteiger partial charge is 0.438 e. The average Bonchev–Trinajstić information content (AvgIpc) is 2.87. The van der Waals surface area contributed by atoms with Gasteiger partial charge in [-0.05, 0) is 29.8 Å². The van der Waals surface area contributed by atoms with Crippen molar-refractivity contribution in [1.29, 1.82) is 5.26 Å². The van der Waals surface area contributed by atoms with E-state index in [1.54, 1.807) is 0 Å². The maximum atomic E-state index is 9.64. The first-order valence-corrected chi connectivity index (χ1v) is 7.90. The van der Waals surface area contributed by atoms with Crippen LogP contribution in [-0.4, -0.2) is 4.57 Å². The molecule has 5 heteroatoms. The first-order chi connectivity index (χ1) is 11.6. The van der Waals surface area contributed by atoms with Gasteiger partial charge in [-0.15, -0.1) is 0 Å². The summed E-state index contributed by atoms with van der Waals surface area (Å²) in [6.07, 6.45) is 0. The molecule has 1 atom stereocenters. The summed E-state index contributed by atoms with van der Waals surface area (Å²) < 4.78 is 7.90. The van der Waals surface area contributed by atoms with Gasteiger partial charge in [-0.1, -0.05) is 35.9 Å². The van der Waals surface area contributed by atoms with E-state index in [9.17, 15) is 5.26 Å². The molecular formula is C19H14ClN3O. The topological polar surface area (TPSA) is 64.0 Å². The van der Waals surface area contributed by atoms with Gasteiger partial charge in [0.1, 0.15) is 11.6 Å². The number of fused-ring (bicyclic) bond motifs is 3. The number of allylic oxidation sites excluding steroid dienone is 1. The molecule has 1 aliphatic rings. The number of nitriles is 1. The molecule has 4 rings (SSSR count). The van der Waals surface area contributed by atoms with Gasteiger partial charge >= 0.3 is 0 Å². The summed E-state index contributed by atoms with van der Waals surface area (Å²) in [5.74, 6) is 0.583. The van der Waals surface area contributed by atoms with Crippen molar-refractivity contribution in [2.45, 2.75) is 5.92 Å². The van der Waals surface area contributed by atoms with E-state index in [1.807, 2.05) is 55.6 Å². The van der Waals surface area contributed by atoms with E-state index in [1.165, 1.54) is 0 Å². The monoisotopic (exact) mass is 335 g/mol. The molecule has 0 fully saturated rings. The minimum atomic E-state index is -0.284. The van der Waals surface area contributed by atoms with Crippen molar-refractivity contribution >= 4 is 22.5 Å². The highest BCUT2D eigenvalue weighted by Crippen LogP contribution is 2.46. The van der Waals surface area contributed by atoms with Crippen LogP contribution in [0.25, 0.3) is 10.9 Å². The Kier molecular flexibility index (Phi) is 3.26. The maximum absolute atomic E-state index is 9.64. The summed E-state index contributed by atoms with van der Waals surface area (Å²) in [5.41, 5.74) is 9.38. The Hall–Kier alpha value is -2.90. The van der Waals surface area contributed by atoms with Crippen molar-refractivity contribution in [3.8, 4) is 11.8 Å². The fourth-order valence-corrected chi connectivity index (χ4v) is 3.48. The van der Waals surface area contributed by atoms with E-state index in [4.69, 9.17) is 22.1 Å². The molecule has 0 spiro atoms. The van der Waals surface area contributed by atoms with Crippen molar-refractivity contribution < 1.29 is 4.74 Å². The number of rotatable bonds is 1. The zero-order valence-corrected chi connectivity index (χ0v) is 13.7. The Morgan fingerprint density at radius 2 is 1.88 bits per heavy atom. The molecule has 24 heavy (non-hydrogen) atoms. The van der Waals surface area contributed by atoms with Crippen LogP contribution in [0.15, 0.2) is 60.0 Å². The molecule has 2 aromatic carbocycles. The third kappa shape index (κ3) is 1.99. The van der Waals surface area contributed by atoms with Gasteiger partial charge in [0.15, 0.2) is 5.75 Å². The predicted molar refractivity (Wildman–Crippen MR) is 93.7 cm³/mol. The lowest BCUT2D eigenvalue weighted by Gasteiger charge is -2.25. The minimum Gasteiger partial charge on any atom is -0.438 e. The average molecular weight is 336 g/mol. The number of para-hydroxylation sites is 1. The molecule has 0 bridgehead atoms. The first kappa shape index (κ1) is 14.7. The lowest BCUT2D eigenvalue weighted by molar-refractivity contribution is 0.394. The van der Waals surface area contributed by atoms with Gasteiger partial charge in [-0.3, -0.25) is 0 Å². The van der Waals surface area contributed by atoms with Crippen LogP contribution in [0, 0.1) is 11.3 Å². The highest BCUT2D eigenvalue weighted by Gasteiger charge is 2.35. The Morgan fingerprint density at radius 3 is 2.58 bits per heavy atom. The molecule has 0 aliphatic carbocycles. The summed E-state index contributed by atoms with van der Waals surface area (Å²) in [6, 6.07) is 17.7. The van der Waals surface area contributed by atoms with Crippen molar-refractivity contribution in [2.24, 2.45) is 12.8 Å². The number of nitrogens with zero attached hydrogens (tertiary/aromatic N) is 2. The second-order valence-corrected chi connectivity index (χ2v) is 6.20. The number of nitrogens with two attached hydrogens (primary N) is 1. The van der Waals surface area contributed by atoms with E-state index < -0.39 is 0 Å². The molecule has 118 valence electrons. The van der Waals surface area contributed by atoms with Crippen LogP contribution in [0.4, 0.5) is 0 Å². The van der Waals surface area contributed by atoms with Gasteiger partial charge in [0.2, 0.25) is 5.88 Å². The highest BCUT2D eigenvalue weighted by molar-refractivity contribution is 6.30. The van der Waals surface area contributed by atoms with Crippen molar-refractivity contribution in [3.63, 3.8) is 0 Å². The lowest BCUT2D eigenvalue weighted by Crippen LogP contribution is -2.22. The smallest absolute Gasteiger partial charge is 0.205 e. The van der Waals surface area contributed by atoms with Crippen molar-refractivity contribution in [2.75, 3.05) is 0 Å². The second kappa shape index (κ2) is 5.33. The summed E-state index contributed by atoms with van der Waals surface area (Å²) in [6.45, 7) is 0. The summed E-state index contributed by atoms with van der Waals surface area (Å²) in [5, 5.41) is 11.3. The van der Waals surface area contributed by atoms with Crippen LogP contribution in [0.2, 0.25) is 5.02 Å². The quantitative estimate of drug-likeness (QED) is 0.729. The number of aromatic nitrogens is 1. The van der Waals surface area contributed by atoms with Crippen LogP contribution in [0.3, 0.4) is 0 Å². The molecule has 1 aromatic heterocycles. The third-order valence-electron chi connectivity index (χ3n) is 4.47. The highest BCUT2D eigenvalue weighted by atomic mass is 35.5. The van der Waals surface area contributed by atoms with Crippen molar-refractivity contribution in [3.05, 3.63) is 76.3 Å². The Bertz CT molecular complexity index is 1030. The van der Waals surface area contributed by atoms with Gasteiger partial charge in [0.25, 0.3) is 0 Å². The third-order valence-corrected chi connectivity index (χ3v) is 4.72. The Morgan fingerprint density at radius 1 is 1.17 bits per heavy atom. The second-order valence-electron chi connectivity index (χ2n) is 5.77. The molecule has 0 saturated heterocycles. The number of hydrogen-bond acceptors (Lipinski definition) is 3. The molecule has 3 aromatic rings. The first-order valence-electron chi connectivity index (χ1n) is 7.52. The number of halogens is 1. The lowest BCUT2D eigenvalue weighted by atomic mass is 9.87. The fourth-order valence-electron chi connectivity index (χ4n) is 3.35. The summed E-state index contributed by atoms with van der Waals surface area (Å²) >= 11 is 6.01. The van der Waals surface area contributed by atoms with Gasteiger partial charge in [-0.2, -0.15) is 5.26 Å². The summed E-state index contributed by atoms with van der Waals surface area (Å²) in [4.78, 5) is 0. The van der Waals surface area contributed by atoms with E-state index in [-0.39, 0.29) is 11.8 Å². The van der Waals surface area contributed by atoms with E-state index in [0.717, 1.165) is 22.2 Å². The summed E-state index contributed by atoms with van der Waals surface area (Å²) in [7, 11) is 1.98. The van der Waals surface area contributed by atoms with Gasteiger partial charge in [0.05, 0.1) is 17.1 Å². The molecule has 2 N–H and O–H groups in total. The number of benzene rings is 2. The molecule has 4 nitrogen and oxygen atoms in total. The van der Waals surface area contributed by atoms with E-state index >= 15 is 0 Å². The number of ether oxygens (including phenoxy) is 1. The normalized spacial score (nSPS) is 16.6. The fraction of sp³-hybridized carbons (Fsp3) is 0.105. The molecule has 1 unspecified atom stereocenters. The van der Waals surface area contributed by atoms with Crippen LogP contribution >= 0.6 is 11.6 Å². The molecule has 0 radical (unpaired) electrons. The maximum Gasteiger partial charge on any atom is 0.205 e. The van der Waals surface area contributed by atoms with Crippen LogP contribution in [0.5, 0.6) is 5.75 Å². The van der Waals surface area contributed by atoms with Crippen LogP contribution < -0.4 is 10.5 Å². The minimum absolute atomic E-state index is 0.154. The number of aryl methyl sites for hydroxylation is 1. The Balaban J connectivity index is 2.05. The zero-order chi connectivity index (χ0) is 16.8. The van der Waals surface area contributed by atoms with Crippen LogP contribution in [0.1, 0.15) is 17.2 Å².